The van der Waals surface area contributed by atoms with E-state index < -0.39 is 0 Å². The van der Waals surface area contributed by atoms with Crippen LogP contribution in [0.1, 0.15) is 16.8 Å². The summed E-state index contributed by atoms with van der Waals surface area (Å²) in [5.74, 6) is 1.52. The molecule has 0 saturated carbocycles. The zero-order valence-corrected chi connectivity index (χ0v) is 14.8. The normalized spacial score (nSPS) is 10.1. The van der Waals surface area contributed by atoms with Crippen LogP contribution < -0.4 is 21.1 Å². The number of hydrogen-bond donors (Lipinski definition) is 5. The number of aromatic nitrogens is 1. The first kappa shape index (κ1) is 19.1. The molecule has 0 bridgehead atoms. The highest BCUT2D eigenvalue weighted by atomic mass is 16.5. The third-order valence-electron chi connectivity index (χ3n) is 3.67. The molecule has 0 radical (unpaired) electrons. The van der Waals surface area contributed by atoms with Gasteiger partial charge in [0.15, 0.2) is 0 Å². The predicted molar refractivity (Wildman–Crippen MR) is 101 cm³/mol. The van der Waals surface area contributed by atoms with E-state index in [2.05, 4.69) is 22.2 Å². The van der Waals surface area contributed by atoms with E-state index in [4.69, 9.17) is 20.6 Å². The minimum Gasteiger partial charge on any atom is -0.496 e. The highest BCUT2D eigenvalue weighted by molar-refractivity contribution is 5.98. The van der Waals surface area contributed by atoms with Gasteiger partial charge >= 0.3 is 0 Å². The number of hydrogen-bond acceptors (Lipinski definition) is 8. The number of pyridine rings is 1. The fourth-order valence-corrected chi connectivity index (χ4v) is 2.41. The van der Waals surface area contributed by atoms with Gasteiger partial charge in [0.2, 0.25) is 5.90 Å². The van der Waals surface area contributed by atoms with Gasteiger partial charge in [-0.1, -0.05) is 24.8 Å². The summed E-state index contributed by atoms with van der Waals surface area (Å²) >= 11 is 0. The van der Waals surface area contributed by atoms with E-state index >= 15 is 0 Å². The zero-order valence-electron chi connectivity index (χ0n) is 14.8. The lowest BCUT2D eigenvalue weighted by molar-refractivity contribution is 0.276. The Morgan fingerprint density at radius 3 is 2.73 bits per heavy atom. The Labute approximate surface area is 152 Å². The summed E-state index contributed by atoms with van der Waals surface area (Å²) in [6.07, 6.45) is 0. The molecule has 0 aliphatic rings. The number of aliphatic hydroxyl groups is 1. The maximum absolute atomic E-state index is 9.51. The number of anilines is 2. The summed E-state index contributed by atoms with van der Waals surface area (Å²) in [7, 11) is 2.98. The standard InChI is InChI=1S/C18H23N5O3/c1-11(21-9-12-6-4-5-7-15(12)25-2)22-16-8-13(19)17(18(20)26-3)14(10-24)23-16/h4-8,20-21,24H,1,9-10H2,2-3H3,(H3,19,22,23). The Morgan fingerprint density at radius 1 is 1.35 bits per heavy atom. The van der Waals surface area contributed by atoms with E-state index in [-0.39, 0.29) is 29.4 Å². The lowest BCUT2D eigenvalue weighted by Crippen LogP contribution is -2.20. The number of aliphatic hydroxyl groups excluding tert-OH is 1. The van der Waals surface area contributed by atoms with Gasteiger partial charge in [0, 0.05) is 23.9 Å². The number of nitrogen functional groups attached to an aromatic ring is 1. The Bertz CT molecular complexity index is 807. The molecule has 8 heteroatoms. The lowest BCUT2D eigenvalue weighted by Gasteiger charge is -2.16. The molecule has 6 N–H and O–H groups in total. The van der Waals surface area contributed by atoms with Crippen LogP contribution in [-0.4, -0.2) is 30.2 Å². The van der Waals surface area contributed by atoms with Crippen LogP contribution in [0.4, 0.5) is 11.5 Å². The first-order chi connectivity index (χ1) is 12.5. The summed E-state index contributed by atoms with van der Waals surface area (Å²) in [6.45, 7) is 4.04. The van der Waals surface area contributed by atoms with Crippen molar-refractivity contribution < 1.29 is 14.6 Å². The van der Waals surface area contributed by atoms with Crippen molar-refractivity contribution in [1.29, 1.82) is 5.41 Å². The summed E-state index contributed by atoms with van der Waals surface area (Å²) in [4.78, 5) is 4.26. The van der Waals surface area contributed by atoms with Crippen LogP contribution in [0.2, 0.25) is 0 Å². The van der Waals surface area contributed by atoms with Crippen LogP contribution in [-0.2, 0) is 17.9 Å². The van der Waals surface area contributed by atoms with Crippen molar-refractivity contribution in [2.75, 3.05) is 25.3 Å². The molecule has 2 aromatic rings. The van der Waals surface area contributed by atoms with Crippen LogP contribution >= 0.6 is 0 Å². The summed E-state index contributed by atoms with van der Waals surface area (Å²) in [5.41, 5.74) is 7.74. The Hall–Kier alpha value is -3.26. The minimum atomic E-state index is -0.373. The fraction of sp³-hybridized carbons (Fsp3) is 0.222. The van der Waals surface area contributed by atoms with Crippen molar-refractivity contribution in [3.63, 3.8) is 0 Å². The number of ether oxygens (including phenoxy) is 2. The smallest absolute Gasteiger partial charge is 0.217 e. The summed E-state index contributed by atoms with van der Waals surface area (Å²) < 4.78 is 10.2. The molecule has 0 fully saturated rings. The van der Waals surface area contributed by atoms with Gasteiger partial charge in [-0.05, 0) is 6.07 Å². The quantitative estimate of drug-likeness (QED) is 0.360. The van der Waals surface area contributed by atoms with Crippen LogP contribution in [0.25, 0.3) is 0 Å². The molecule has 0 saturated heterocycles. The Kier molecular flexibility index (Phi) is 6.40. The first-order valence-corrected chi connectivity index (χ1v) is 7.85. The molecule has 2 rings (SSSR count). The topological polar surface area (TPSA) is 126 Å². The average molecular weight is 357 g/mol. The molecule has 0 aliphatic carbocycles. The molecule has 0 amide bonds. The number of nitrogens with one attached hydrogen (secondary N) is 3. The maximum Gasteiger partial charge on any atom is 0.217 e. The van der Waals surface area contributed by atoms with Gasteiger partial charge in [-0.15, -0.1) is 0 Å². The molecular weight excluding hydrogens is 334 g/mol. The second kappa shape index (κ2) is 8.72. The van der Waals surface area contributed by atoms with Crippen molar-refractivity contribution in [2.45, 2.75) is 13.2 Å². The Morgan fingerprint density at radius 2 is 2.08 bits per heavy atom. The molecule has 0 unspecified atom stereocenters. The molecule has 138 valence electrons. The largest absolute Gasteiger partial charge is 0.496 e. The number of para-hydroxylation sites is 1. The van der Waals surface area contributed by atoms with Crippen molar-refractivity contribution in [2.24, 2.45) is 0 Å². The van der Waals surface area contributed by atoms with E-state index in [0.29, 0.717) is 18.2 Å². The van der Waals surface area contributed by atoms with E-state index in [1.807, 2.05) is 24.3 Å². The second-order valence-electron chi connectivity index (χ2n) is 5.38. The van der Waals surface area contributed by atoms with Crippen molar-refractivity contribution >= 4 is 17.4 Å². The van der Waals surface area contributed by atoms with Crippen molar-refractivity contribution in [1.82, 2.24) is 10.3 Å². The first-order valence-electron chi connectivity index (χ1n) is 7.85. The number of benzene rings is 1. The molecule has 0 atom stereocenters. The van der Waals surface area contributed by atoms with Crippen molar-refractivity contribution in [3.8, 4) is 5.75 Å². The molecular formula is C18H23N5O3. The molecule has 1 aromatic heterocycles. The van der Waals surface area contributed by atoms with Gasteiger partial charge in [-0.2, -0.15) is 0 Å². The molecule has 8 nitrogen and oxygen atoms in total. The van der Waals surface area contributed by atoms with E-state index in [1.54, 1.807) is 13.2 Å². The van der Waals surface area contributed by atoms with Gasteiger partial charge in [0.25, 0.3) is 0 Å². The SMILES string of the molecule is C=C(NCc1ccccc1OC)Nc1cc(N)c(C(=N)OC)c(CO)n1. The Balaban J connectivity index is 2.09. The maximum atomic E-state index is 9.51. The van der Waals surface area contributed by atoms with Gasteiger partial charge < -0.3 is 30.9 Å². The molecule has 0 spiro atoms. The number of methoxy groups -OCH3 is 2. The van der Waals surface area contributed by atoms with Gasteiger partial charge in [-0.25, -0.2) is 4.98 Å². The molecule has 26 heavy (non-hydrogen) atoms. The van der Waals surface area contributed by atoms with E-state index in [0.717, 1.165) is 11.3 Å². The predicted octanol–water partition coefficient (Wildman–Crippen LogP) is 1.81. The fourth-order valence-electron chi connectivity index (χ4n) is 2.41. The number of nitrogens with zero attached hydrogens (tertiary/aromatic N) is 1. The molecule has 1 aromatic carbocycles. The summed E-state index contributed by atoms with van der Waals surface area (Å²) in [5, 5.41) is 23.4. The lowest BCUT2D eigenvalue weighted by atomic mass is 10.1. The second-order valence-corrected chi connectivity index (χ2v) is 5.38. The highest BCUT2D eigenvalue weighted by Gasteiger charge is 2.15. The van der Waals surface area contributed by atoms with Crippen LogP contribution in [0.3, 0.4) is 0 Å². The third-order valence-corrected chi connectivity index (χ3v) is 3.67. The number of nitrogens with two attached hydrogens (primary N) is 1. The monoisotopic (exact) mass is 357 g/mol. The number of rotatable bonds is 8. The third kappa shape index (κ3) is 4.42. The molecule has 0 aliphatic heterocycles. The molecule has 1 heterocycles. The summed E-state index contributed by atoms with van der Waals surface area (Å²) in [6, 6.07) is 9.21. The van der Waals surface area contributed by atoms with Crippen LogP contribution in [0.15, 0.2) is 42.7 Å². The zero-order chi connectivity index (χ0) is 19.1. The van der Waals surface area contributed by atoms with Crippen LogP contribution in [0.5, 0.6) is 5.75 Å². The average Bonchev–Trinajstić information content (AvgIpc) is 2.65. The van der Waals surface area contributed by atoms with Gasteiger partial charge in [0.1, 0.15) is 11.6 Å². The highest BCUT2D eigenvalue weighted by Crippen LogP contribution is 2.22. The minimum absolute atomic E-state index is 0.154. The van der Waals surface area contributed by atoms with Crippen molar-refractivity contribution in [3.05, 3.63) is 59.6 Å². The van der Waals surface area contributed by atoms with Crippen LogP contribution in [0, 0.1) is 5.41 Å². The van der Waals surface area contributed by atoms with E-state index in [9.17, 15) is 5.11 Å². The van der Waals surface area contributed by atoms with Gasteiger partial charge in [0.05, 0.1) is 37.9 Å². The van der Waals surface area contributed by atoms with E-state index in [1.165, 1.54) is 7.11 Å². The van der Waals surface area contributed by atoms with Gasteiger partial charge in [-0.3, -0.25) is 5.41 Å².